The Kier molecular flexibility index (Phi) is 3.57. The number of nitrogens with one attached hydrogen (secondary N) is 1. The summed E-state index contributed by atoms with van der Waals surface area (Å²) in [5, 5.41) is 7.07. The van der Waals surface area contributed by atoms with Crippen LogP contribution in [0.15, 0.2) is 4.52 Å². The molecule has 138 valence electrons. The normalized spacial score (nSPS) is 34.0. The van der Waals surface area contributed by atoms with Crippen molar-refractivity contribution in [3.63, 3.8) is 0 Å². The van der Waals surface area contributed by atoms with Crippen LogP contribution in [0.4, 0.5) is 0 Å². The Morgan fingerprint density at radius 3 is 2.68 bits per heavy atom. The summed E-state index contributed by atoms with van der Waals surface area (Å²) < 4.78 is 31.0. The fourth-order valence-electron chi connectivity index (χ4n) is 4.29. The van der Waals surface area contributed by atoms with Crippen molar-refractivity contribution in [3.05, 3.63) is 11.7 Å². The third-order valence-corrected chi connectivity index (χ3v) is 7.37. The van der Waals surface area contributed by atoms with Crippen LogP contribution in [0.25, 0.3) is 0 Å². The van der Waals surface area contributed by atoms with Gasteiger partial charge in [-0.25, -0.2) is 12.7 Å². The Labute approximate surface area is 147 Å². The van der Waals surface area contributed by atoms with E-state index >= 15 is 0 Å². The van der Waals surface area contributed by atoms with Gasteiger partial charge in [-0.2, -0.15) is 4.98 Å². The summed E-state index contributed by atoms with van der Waals surface area (Å²) in [6, 6.07) is 0.0174. The summed E-state index contributed by atoms with van der Waals surface area (Å²) >= 11 is 0. The topological polar surface area (TPSA) is 105 Å². The van der Waals surface area contributed by atoms with Crippen molar-refractivity contribution in [2.24, 2.45) is 11.3 Å². The van der Waals surface area contributed by atoms with Crippen LogP contribution in [0.3, 0.4) is 0 Å². The quantitative estimate of drug-likeness (QED) is 0.834. The molecular formula is C16H24N4O4S. The van der Waals surface area contributed by atoms with E-state index in [0.29, 0.717) is 31.2 Å². The Morgan fingerprint density at radius 2 is 2.12 bits per heavy atom. The number of carbonyl (C=O) groups excluding carboxylic acids is 1. The number of carbonyl (C=O) groups is 1. The maximum atomic E-state index is 12.4. The monoisotopic (exact) mass is 368 g/mol. The van der Waals surface area contributed by atoms with Gasteiger partial charge in [0.1, 0.15) is 0 Å². The van der Waals surface area contributed by atoms with Crippen molar-refractivity contribution in [2.45, 2.75) is 51.0 Å². The van der Waals surface area contributed by atoms with E-state index in [0.717, 1.165) is 19.3 Å². The summed E-state index contributed by atoms with van der Waals surface area (Å²) in [5.41, 5.74) is -0.725. The second-order valence-corrected chi connectivity index (χ2v) is 10.2. The molecule has 4 rings (SSSR count). The van der Waals surface area contributed by atoms with Gasteiger partial charge in [0.05, 0.1) is 11.7 Å². The van der Waals surface area contributed by atoms with Gasteiger partial charge < -0.3 is 9.84 Å². The van der Waals surface area contributed by atoms with Crippen molar-refractivity contribution in [2.75, 3.05) is 19.3 Å². The van der Waals surface area contributed by atoms with Gasteiger partial charge in [0.2, 0.25) is 21.8 Å². The van der Waals surface area contributed by atoms with Crippen LogP contribution in [-0.2, 0) is 20.2 Å². The molecule has 1 N–H and O–H groups in total. The van der Waals surface area contributed by atoms with Gasteiger partial charge in [0.25, 0.3) is 0 Å². The second kappa shape index (κ2) is 5.26. The summed E-state index contributed by atoms with van der Waals surface area (Å²) in [6.07, 6.45) is 4.46. The first kappa shape index (κ1) is 17.0. The van der Waals surface area contributed by atoms with E-state index in [1.54, 1.807) is 6.92 Å². The molecule has 1 aromatic rings. The zero-order valence-electron chi connectivity index (χ0n) is 14.8. The molecule has 3 aliphatic rings. The van der Waals surface area contributed by atoms with Crippen molar-refractivity contribution >= 4 is 15.9 Å². The molecule has 1 unspecified atom stereocenters. The molecule has 1 saturated heterocycles. The standard InChI is InChI=1S/C16H24N4O4S/c1-10-17-14(24-19-10)16-7-12(18-13(21)15(2)4-5-15)6-11(16)8-20(9-16)25(3,22)23/h11-12H,4-9H2,1-3H3,(H,18,21)/t11?,12-,16+/m1/s1. The molecular weight excluding hydrogens is 344 g/mol. The number of amides is 1. The number of nitrogens with zero attached hydrogens (tertiary/aromatic N) is 3. The fourth-order valence-corrected chi connectivity index (χ4v) is 5.21. The van der Waals surface area contributed by atoms with Crippen molar-refractivity contribution in [3.8, 4) is 0 Å². The first-order chi connectivity index (χ1) is 11.6. The number of aryl methyl sites for hydroxylation is 1. The predicted octanol–water partition coefficient (Wildman–Crippen LogP) is 0.586. The average Bonchev–Trinajstić information content (AvgIpc) is 2.84. The van der Waals surface area contributed by atoms with E-state index in [-0.39, 0.29) is 23.3 Å². The number of fused-ring (bicyclic) bond motifs is 1. The molecule has 2 aliphatic carbocycles. The zero-order chi connectivity index (χ0) is 18.0. The van der Waals surface area contributed by atoms with Gasteiger partial charge in [-0.3, -0.25) is 4.79 Å². The summed E-state index contributed by atoms with van der Waals surface area (Å²) in [7, 11) is -3.28. The van der Waals surface area contributed by atoms with E-state index in [2.05, 4.69) is 15.5 Å². The lowest BCUT2D eigenvalue weighted by molar-refractivity contribution is -0.126. The fraction of sp³-hybridized carbons (Fsp3) is 0.812. The molecule has 0 bridgehead atoms. The van der Waals surface area contributed by atoms with E-state index in [9.17, 15) is 13.2 Å². The maximum Gasteiger partial charge on any atom is 0.234 e. The second-order valence-electron chi connectivity index (χ2n) is 8.23. The Hall–Kier alpha value is -1.48. The van der Waals surface area contributed by atoms with Gasteiger partial charge in [-0.05, 0) is 38.5 Å². The van der Waals surface area contributed by atoms with Crippen LogP contribution in [-0.4, -0.2) is 54.2 Å². The van der Waals surface area contributed by atoms with Gasteiger partial charge in [0.15, 0.2) is 5.82 Å². The lowest BCUT2D eigenvalue weighted by Gasteiger charge is -2.25. The highest BCUT2D eigenvalue weighted by molar-refractivity contribution is 7.88. The SMILES string of the molecule is Cc1noc([C@]23C[C@H](NC(=O)C4(C)CC4)CC2CN(S(C)(=O)=O)C3)n1. The molecule has 0 spiro atoms. The Balaban J connectivity index is 1.60. The molecule has 0 radical (unpaired) electrons. The molecule has 3 atom stereocenters. The van der Waals surface area contributed by atoms with E-state index in [4.69, 9.17) is 4.52 Å². The van der Waals surface area contributed by atoms with Crippen LogP contribution in [0, 0.1) is 18.3 Å². The molecule has 0 aromatic carbocycles. The molecule has 3 fully saturated rings. The van der Waals surface area contributed by atoms with Crippen LogP contribution in [0.1, 0.15) is 44.3 Å². The van der Waals surface area contributed by atoms with Crippen molar-refractivity contribution in [1.82, 2.24) is 19.8 Å². The minimum absolute atomic E-state index is 0.0174. The molecule has 1 aromatic heterocycles. The largest absolute Gasteiger partial charge is 0.353 e. The predicted molar refractivity (Wildman–Crippen MR) is 89.1 cm³/mol. The summed E-state index contributed by atoms with van der Waals surface area (Å²) in [5.74, 6) is 1.21. The Bertz CT molecular complexity index is 816. The smallest absolute Gasteiger partial charge is 0.234 e. The highest BCUT2D eigenvalue weighted by Crippen LogP contribution is 2.51. The molecule has 9 heteroatoms. The third-order valence-electron chi connectivity index (χ3n) is 6.15. The number of sulfonamides is 1. The number of aromatic nitrogens is 2. The number of rotatable bonds is 4. The summed E-state index contributed by atoms with van der Waals surface area (Å²) in [4.78, 5) is 16.8. The van der Waals surface area contributed by atoms with Gasteiger partial charge in [-0.15, -0.1) is 0 Å². The van der Waals surface area contributed by atoms with Gasteiger partial charge in [-0.1, -0.05) is 12.1 Å². The van der Waals surface area contributed by atoms with Crippen LogP contribution in [0.2, 0.25) is 0 Å². The molecule has 8 nitrogen and oxygen atoms in total. The molecule has 2 heterocycles. The van der Waals surface area contributed by atoms with Crippen molar-refractivity contribution < 1.29 is 17.7 Å². The van der Waals surface area contributed by atoms with E-state index < -0.39 is 15.4 Å². The first-order valence-corrected chi connectivity index (χ1v) is 10.5. The molecule has 1 amide bonds. The number of hydrogen-bond acceptors (Lipinski definition) is 6. The minimum atomic E-state index is -3.28. The van der Waals surface area contributed by atoms with Gasteiger partial charge >= 0.3 is 0 Å². The Morgan fingerprint density at radius 1 is 1.40 bits per heavy atom. The van der Waals surface area contributed by atoms with Gasteiger partial charge in [0, 0.05) is 24.5 Å². The first-order valence-electron chi connectivity index (χ1n) is 8.69. The lowest BCUT2D eigenvalue weighted by atomic mass is 9.80. The van der Waals surface area contributed by atoms with E-state index in [1.165, 1.54) is 10.6 Å². The average molecular weight is 368 g/mol. The molecule has 1 aliphatic heterocycles. The summed E-state index contributed by atoms with van der Waals surface area (Å²) in [6.45, 7) is 4.51. The van der Waals surface area contributed by atoms with Crippen LogP contribution >= 0.6 is 0 Å². The van der Waals surface area contributed by atoms with E-state index in [1.807, 2.05) is 6.92 Å². The van der Waals surface area contributed by atoms with Crippen LogP contribution in [0.5, 0.6) is 0 Å². The maximum absolute atomic E-state index is 12.4. The molecule has 2 saturated carbocycles. The van der Waals surface area contributed by atoms with Crippen molar-refractivity contribution in [1.29, 1.82) is 0 Å². The lowest BCUT2D eigenvalue weighted by Crippen LogP contribution is -2.41. The highest BCUT2D eigenvalue weighted by Gasteiger charge is 2.59. The molecule has 25 heavy (non-hydrogen) atoms. The third kappa shape index (κ3) is 2.77. The zero-order valence-corrected chi connectivity index (χ0v) is 15.6. The minimum Gasteiger partial charge on any atom is -0.353 e. The van der Waals surface area contributed by atoms with Crippen LogP contribution < -0.4 is 5.32 Å². The highest BCUT2D eigenvalue weighted by atomic mass is 32.2. The number of hydrogen-bond donors (Lipinski definition) is 1.